The summed E-state index contributed by atoms with van der Waals surface area (Å²) in [4.78, 5) is 19.1. The maximum atomic E-state index is 14.2. The Morgan fingerprint density at radius 3 is 2.17 bits per heavy atom. The molecule has 17 heteroatoms. The molecule has 65 heavy (non-hydrogen) atoms. The zero-order valence-electron chi connectivity index (χ0n) is 37.5. The van der Waals surface area contributed by atoms with Crippen LogP contribution in [-0.2, 0) is 19.9 Å². The number of nitrogens with zero attached hydrogens (tertiary/aromatic N) is 3. The molecular formula is C48H62F3N5O6S3. The highest BCUT2D eigenvalue weighted by Gasteiger charge is 2.67. The number of anilines is 2. The average Bonchev–Trinajstić information content (AvgIpc) is 3.24. The first-order valence-electron chi connectivity index (χ1n) is 22.8. The maximum absolute atomic E-state index is 14.2. The largest absolute Gasteiger partial charge is 0.501 e. The standard InChI is InChI=1S/C48H62F3N5O6S3/c1-45(2)19-15-35(41(28-45)47-31-46(3,32-47)33-47)29-55-23-25-56(26-24-55)37-11-9-34(10-12-37)44(58)53-65(61,62)40-13-14-42(43(27-40)64(59,60)48(49,50)51)52-36(30-63-39-7-5-4-6-8-39)16-20-54-21-17-38(57)18-22-54/h4-14,27,36,38,52,57H,15-26,28-33H2,1-3H3,(H,53,58)/t36-,46?,47?/m1/s1. The van der Waals surface area contributed by atoms with Crippen molar-refractivity contribution in [2.45, 2.75) is 111 Å². The van der Waals surface area contributed by atoms with Crippen LogP contribution in [0.5, 0.6) is 0 Å². The van der Waals surface area contributed by atoms with Gasteiger partial charge in [-0.15, -0.1) is 11.8 Å². The second-order valence-corrected chi connectivity index (χ2v) is 24.9. The molecule has 354 valence electrons. The summed E-state index contributed by atoms with van der Waals surface area (Å²) < 4.78 is 97.9. The molecular weight excluding hydrogens is 896 g/mol. The van der Waals surface area contributed by atoms with E-state index >= 15 is 0 Å². The molecule has 3 saturated carbocycles. The van der Waals surface area contributed by atoms with E-state index in [9.17, 15) is 39.9 Å². The van der Waals surface area contributed by atoms with E-state index < -0.39 is 52.8 Å². The highest BCUT2D eigenvalue weighted by Crippen LogP contribution is 2.77. The number of carbonyl (C=O) groups excluding carboxylic acids is 1. The molecule has 0 spiro atoms. The van der Waals surface area contributed by atoms with Gasteiger partial charge in [-0.3, -0.25) is 9.69 Å². The monoisotopic (exact) mass is 957 g/mol. The van der Waals surface area contributed by atoms with Gasteiger partial charge in [-0.25, -0.2) is 21.6 Å². The smallest absolute Gasteiger partial charge is 0.393 e. The van der Waals surface area contributed by atoms with Crippen molar-refractivity contribution in [1.29, 1.82) is 0 Å². The molecule has 6 aliphatic rings. The number of hydrogen-bond donors (Lipinski definition) is 3. The van der Waals surface area contributed by atoms with Crippen molar-refractivity contribution >= 4 is 48.9 Å². The third kappa shape index (κ3) is 10.8. The van der Waals surface area contributed by atoms with Gasteiger partial charge in [-0.1, -0.05) is 50.1 Å². The second-order valence-electron chi connectivity index (χ2n) is 20.2. The van der Waals surface area contributed by atoms with Crippen molar-refractivity contribution in [3.05, 3.63) is 89.5 Å². The Hall–Kier alpha value is -3.61. The summed E-state index contributed by atoms with van der Waals surface area (Å²) in [5.41, 5.74) is -0.499. The fourth-order valence-electron chi connectivity index (χ4n) is 10.9. The number of likely N-dealkylation sites (tertiary alicyclic amines) is 1. The highest BCUT2D eigenvalue weighted by molar-refractivity contribution is 7.99. The van der Waals surface area contributed by atoms with Crippen molar-refractivity contribution in [1.82, 2.24) is 14.5 Å². The number of aliphatic hydroxyl groups excluding tert-OH is 1. The molecule has 9 rings (SSSR count). The van der Waals surface area contributed by atoms with E-state index in [-0.39, 0.29) is 11.7 Å². The fraction of sp³-hybridized carbons (Fsp3) is 0.562. The lowest BCUT2D eigenvalue weighted by molar-refractivity contribution is -0.167. The van der Waals surface area contributed by atoms with Crippen LogP contribution in [0.4, 0.5) is 24.5 Å². The van der Waals surface area contributed by atoms with Crippen molar-refractivity contribution in [2.75, 3.05) is 68.3 Å². The number of halogens is 3. The molecule has 4 aliphatic carbocycles. The molecule has 11 nitrogen and oxygen atoms in total. The van der Waals surface area contributed by atoms with E-state index in [0.717, 1.165) is 55.4 Å². The summed E-state index contributed by atoms with van der Waals surface area (Å²) >= 11 is 1.44. The van der Waals surface area contributed by atoms with Crippen molar-refractivity contribution in [3.8, 4) is 0 Å². The van der Waals surface area contributed by atoms with Crippen molar-refractivity contribution in [3.63, 3.8) is 0 Å². The summed E-state index contributed by atoms with van der Waals surface area (Å²) in [5, 5.41) is 12.9. The summed E-state index contributed by atoms with van der Waals surface area (Å²) in [5.74, 6) is -0.653. The molecule has 2 bridgehead atoms. The van der Waals surface area contributed by atoms with E-state index in [2.05, 4.69) is 40.8 Å². The summed E-state index contributed by atoms with van der Waals surface area (Å²) in [7, 11) is -10.9. The first kappa shape index (κ1) is 47.9. The van der Waals surface area contributed by atoms with Crippen molar-refractivity contribution < 1.29 is 39.9 Å². The van der Waals surface area contributed by atoms with Crippen LogP contribution in [0.3, 0.4) is 0 Å². The van der Waals surface area contributed by atoms with E-state index in [1.165, 1.54) is 62.4 Å². The minimum absolute atomic E-state index is 0.0153. The molecule has 1 amide bonds. The Morgan fingerprint density at radius 2 is 1.54 bits per heavy atom. The minimum atomic E-state index is -6.06. The Kier molecular flexibility index (Phi) is 13.6. The predicted molar refractivity (Wildman–Crippen MR) is 249 cm³/mol. The minimum Gasteiger partial charge on any atom is -0.393 e. The predicted octanol–water partition coefficient (Wildman–Crippen LogP) is 8.34. The van der Waals surface area contributed by atoms with Crippen LogP contribution in [-0.4, -0.2) is 113 Å². The number of benzene rings is 3. The fourth-order valence-corrected chi connectivity index (χ4v) is 13.9. The van der Waals surface area contributed by atoms with E-state index in [1.807, 2.05) is 35.1 Å². The van der Waals surface area contributed by atoms with Gasteiger partial charge < -0.3 is 20.2 Å². The first-order chi connectivity index (χ1) is 30.6. The van der Waals surface area contributed by atoms with Gasteiger partial charge in [-0.2, -0.15) is 13.2 Å². The van der Waals surface area contributed by atoms with Gasteiger partial charge in [0.15, 0.2) is 0 Å². The van der Waals surface area contributed by atoms with E-state index in [1.54, 1.807) is 23.3 Å². The summed E-state index contributed by atoms with van der Waals surface area (Å²) in [6, 6.07) is 17.8. The van der Waals surface area contributed by atoms with Crippen LogP contribution in [0.2, 0.25) is 0 Å². The van der Waals surface area contributed by atoms with Crippen LogP contribution in [0, 0.1) is 16.2 Å². The Balaban J connectivity index is 0.922. The topological polar surface area (TPSA) is 139 Å². The quantitative estimate of drug-likeness (QED) is 0.0944. The SMILES string of the molecule is CC1(C)CCC(CN2CCN(c3ccc(C(=O)NS(=O)(=O)c4ccc(N[C@H](CCN5CCC(O)CC5)CSc5ccccc5)c(S(=O)(=O)C(F)(F)F)c4)cc3)CC2)=C(C23CC(C)(C2)C3)C1. The molecule has 3 aromatic rings. The van der Waals surface area contributed by atoms with Gasteiger partial charge >= 0.3 is 5.51 Å². The number of thioether (sulfide) groups is 1. The van der Waals surface area contributed by atoms with Gasteiger partial charge in [0.25, 0.3) is 25.8 Å². The third-order valence-corrected chi connectivity index (χ3v) is 18.4. The molecule has 2 aliphatic heterocycles. The van der Waals surface area contributed by atoms with Crippen LogP contribution in [0.25, 0.3) is 0 Å². The summed E-state index contributed by atoms with van der Waals surface area (Å²) in [6.07, 6.45) is 8.82. The van der Waals surface area contributed by atoms with Gasteiger partial charge in [0.05, 0.1) is 16.7 Å². The third-order valence-electron chi connectivity index (χ3n) is 14.4. The molecule has 5 fully saturated rings. The molecule has 3 N–H and O–H groups in total. The zero-order chi connectivity index (χ0) is 46.4. The molecule has 1 atom stereocenters. The lowest BCUT2D eigenvalue weighted by atomic mass is 9.33. The number of aliphatic hydroxyl groups is 1. The van der Waals surface area contributed by atoms with Gasteiger partial charge in [-0.05, 0) is 129 Å². The number of allylic oxidation sites excluding steroid dienone is 1. The number of alkyl halides is 3. The molecule has 0 aromatic heterocycles. The number of amides is 1. The Labute approximate surface area is 386 Å². The van der Waals surface area contributed by atoms with Gasteiger partial charge in [0.2, 0.25) is 0 Å². The zero-order valence-corrected chi connectivity index (χ0v) is 39.9. The number of sulfonamides is 1. The summed E-state index contributed by atoms with van der Waals surface area (Å²) in [6.45, 7) is 13.4. The van der Waals surface area contributed by atoms with Crippen molar-refractivity contribution in [2.24, 2.45) is 16.2 Å². The van der Waals surface area contributed by atoms with Gasteiger partial charge in [0, 0.05) is 80.3 Å². The lowest BCUT2D eigenvalue weighted by Gasteiger charge is -2.72. The Bertz CT molecular complexity index is 2450. The number of piperazine rings is 1. The second kappa shape index (κ2) is 18.5. The number of nitrogens with one attached hydrogen (secondary N) is 2. The number of rotatable bonds is 16. The van der Waals surface area contributed by atoms with Crippen LogP contribution >= 0.6 is 11.8 Å². The van der Waals surface area contributed by atoms with Gasteiger partial charge in [0.1, 0.15) is 4.90 Å². The van der Waals surface area contributed by atoms with E-state index in [4.69, 9.17) is 0 Å². The molecule has 2 heterocycles. The first-order valence-corrected chi connectivity index (χ1v) is 26.7. The normalized spacial score (nSPS) is 24.8. The molecule has 3 aromatic carbocycles. The molecule has 2 saturated heterocycles. The number of piperidine rings is 1. The number of sulfone groups is 1. The van der Waals surface area contributed by atoms with E-state index in [0.29, 0.717) is 67.0 Å². The highest BCUT2D eigenvalue weighted by atomic mass is 32.2. The number of hydrogen-bond acceptors (Lipinski definition) is 11. The lowest BCUT2D eigenvalue weighted by Crippen LogP contribution is -2.61. The maximum Gasteiger partial charge on any atom is 0.501 e. The average molecular weight is 958 g/mol. The number of carbonyl (C=O) groups is 1. The Morgan fingerprint density at radius 1 is 0.877 bits per heavy atom. The van der Waals surface area contributed by atoms with Crippen LogP contribution in [0.1, 0.15) is 88.9 Å². The van der Waals surface area contributed by atoms with Crippen LogP contribution < -0.4 is 14.9 Å². The molecule has 0 unspecified atom stereocenters. The molecule has 0 radical (unpaired) electrons. The van der Waals surface area contributed by atoms with Crippen LogP contribution in [0.15, 0.2) is 98.6 Å².